The highest BCUT2D eigenvalue weighted by atomic mass is 33.1. The number of para-hydroxylation sites is 2. The van der Waals surface area contributed by atoms with Crippen LogP contribution in [0.3, 0.4) is 0 Å². The van der Waals surface area contributed by atoms with E-state index in [1.165, 1.54) is 68.5 Å². The zero-order valence-corrected chi connectivity index (χ0v) is 48.0. The number of nitrogens with one attached hydrogen (secondary N) is 2. The summed E-state index contributed by atoms with van der Waals surface area (Å²) >= 11 is 0. The largest absolute Gasteiger partial charge is 0.484 e. The quantitative estimate of drug-likeness (QED) is 0.0363. The third-order valence-electron chi connectivity index (χ3n) is 12.2. The molecule has 9 heterocycles. The number of pyridine rings is 2. The Kier molecular flexibility index (Phi) is 19.4. The van der Waals surface area contributed by atoms with Crippen molar-refractivity contribution in [2.24, 2.45) is 0 Å². The van der Waals surface area contributed by atoms with Gasteiger partial charge in [0, 0.05) is 36.7 Å². The maximum absolute atomic E-state index is 15.2. The molecule has 0 aliphatic carbocycles. The molecule has 3 fully saturated rings. The molecule has 8 atom stereocenters. The van der Waals surface area contributed by atoms with E-state index in [2.05, 4.69) is 50.5 Å². The molecular formula is C50H50N12O14P2S4. The average Bonchev–Trinajstić information content (AvgIpc) is 4.39. The van der Waals surface area contributed by atoms with E-state index < -0.39 is 77.5 Å². The molecule has 0 spiro atoms. The highest BCUT2D eigenvalue weighted by molar-refractivity contribution is 8.77. The molecule has 3 aliphatic heterocycles. The third kappa shape index (κ3) is 15.0. The number of amides is 2. The Labute approximate surface area is 483 Å². The fourth-order valence-electron chi connectivity index (χ4n) is 8.46. The lowest BCUT2D eigenvalue weighted by molar-refractivity contribution is -0.118. The molecule has 3 aliphatic rings. The summed E-state index contributed by atoms with van der Waals surface area (Å²) in [5, 5.41) is 7.02. The maximum atomic E-state index is 15.2. The van der Waals surface area contributed by atoms with Crippen LogP contribution in [0, 0.1) is 0 Å². The number of imidazole rings is 2. The lowest BCUT2D eigenvalue weighted by atomic mass is 10.2. The number of phosphoric acid groups is 2. The standard InChI is InChI=1S/C50H50N12O14P2S4/c63-39(27-67-33-11-3-1-4-12-33)59-47-45-49(55-29-53-47)61(31-57-45)43-23-35-37(73-43)25-71-78(66,70-20-22-80-82-42-16-8-10-18-52-42)76-36-24-44(74-38(36)26-72-77(65,75-35)69-19-21-79-81-41-15-7-9-17-51-41)62-32-58-46-48(54-30-56-50(46)62)60-40(64)28-68-34-13-5-2-6-14-34/h1-18,29-32,35-38,43-44H,19-28H2,(H,53,55,59,63)(H,54,56,60,64)/t35-,36?,37-,38-,43-,44-,77?,78?/m1/s1. The van der Waals surface area contributed by atoms with Crippen LogP contribution in [0.2, 0.25) is 0 Å². The van der Waals surface area contributed by atoms with E-state index in [1.54, 1.807) is 70.1 Å². The summed E-state index contributed by atoms with van der Waals surface area (Å²) in [7, 11) is -3.46. The fraction of sp³-hybridized carbons (Fsp3) is 0.320. The first-order chi connectivity index (χ1) is 40.1. The molecule has 0 saturated carbocycles. The number of aromatic nitrogens is 10. The number of phosphoric ester groups is 2. The van der Waals surface area contributed by atoms with Crippen molar-refractivity contribution in [1.82, 2.24) is 49.0 Å². The second-order valence-electron chi connectivity index (χ2n) is 17.7. The van der Waals surface area contributed by atoms with Crippen LogP contribution < -0.4 is 20.1 Å². The molecule has 0 bridgehead atoms. The van der Waals surface area contributed by atoms with Gasteiger partial charge in [0.2, 0.25) is 0 Å². The minimum absolute atomic E-state index is 0.00678. The zero-order chi connectivity index (χ0) is 56.1. The normalized spacial score (nSPS) is 23.8. The van der Waals surface area contributed by atoms with Gasteiger partial charge in [-0.05, 0) is 70.1 Å². The topological polar surface area (TPSA) is 298 Å². The van der Waals surface area contributed by atoms with Crippen LogP contribution >= 0.6 is 58.8 Å². The maximum Gasteiger partial charge on any atom is 0.475 e. The lowest BCUT2D eigenvalue weighted by Gasteiger charge is -2.29. The average molecular weight is 1230 g/mol. The van der Waals surface area contributed by atoms with Gasteiger partial charge in [-0.3, -0.25) is 45.9 Å². The smallest absolute Gasteiger partial charge is 0.475 e. The molecule has 2 amide bonds. The number of carbonyl (C=O) groups is 2. The van der Waals surface area contributed by atoms with E-state index >= 15 is 9.13 Å². The molecule has 26 nitrogen and oxygen atoms in total. The summed E-state index contributed by atoms with van der Waals surface area (Å²) in [4.78, 5) is 61.3. The van der Waals surface area contributed by atoms with E-state index in [0.717, 1.165) is 10.1 Å². The Balaban J connectivity index is 0.841. The Hall–Kier alpha value is -6.08. The number of benzene rings is 2. The van der Waals surface area contributed by atoms with E-state index in [4.69, 9.17) is 46.1 Å². The highest BCUT2D eigenvalue weighted by Gasteiger charge is 2.49. The summed E-state index contributed by atoms with van der Waals surface area (Å²) in [5.41, 5.74) is 1.04. The number of fused-ring (bicyclic) bond motifs is 4. The molecule has 82 heavy (non-hydrogen) atoms. The van der Waals surface area contributed by atoms with Crippen LogP contribution in [-0.4, -0.2) is 136 Å². The van der Waals surface area contributed by atoms with Gasteiger partial charge in [0.1, 0.15) is 71.1 Å². The van der Waals surface area contributed by atoms with Gasteiger partial charge in [-0.15, -0.1) is 0 Å². The minimum atomic E-state index is -4.57. The van der Waals surface area contributed by atoms with Crippen LogP contribution in [0.5, 0.6) is 11.5 Å². The van der Waals surface area contributed by atoms with Crippen LogP contribution in [-0.2, 0) is 55.3 Å². The van der Waals surface area contributed by atoms with E-state index in [1.807, 2.05) is 48.5 Å². The van der Waals surface area contributed by atoms with Gasteiger partial charge in [-0.1, -0.05) is 70.1 Å². The molecular weight excluding hydrogens is 1180 g/mol. The Bertz CT molecular complexity index is 3290. The SMILES string of the molecule is O=C(COc1ccccc1)Nc1ncnc2c1ncn2[C@H]1CC2OP(=O)(OCCSSc3ccccn3)OC[C@H]3O[C@@H](n4cnc5c(NC(=O)COc6ccccc6)ncnc54)C[C@H]3OP(=O)(OCCSSc3ccccn3)OC[C@H]2O1. The molecule has 8 aromatic rings. The molecule has 32 heteroatoms. The number of hydrogen-bond donors (Lipinski definition) is 2. The molecule has 6 aromatic heterocycles. The van der Waals surface area contributed by atoms with Crippen molar-refractivity contribution in [3.8, 4) is 11.5 Å². The van der Waals surface area contributed by atoms with Crippen molar-refractivity contribution in [2.45, 2.75) is 59.8 Å². The van der Waals surface area contributed by atoms with Gasteiger partial charge in [0.05, 0.1) is 39.1 Å². The van der Waals surface area contributed by atoms with Crippen molar-refractivity contribution < 1.29 is 64.8 Å². The van der Waals surface area contributed by atoms with Crippen LogP contribution in [0.4, 0.5) is 11.6 Å². The van der Waals surface area contributed by atoms with Gasteiger partial charge in [-0.25, -0.2) is 49.0 Å². The van der Waals surface area contributed by atoms with Crippen molar-refractivity contribution in [2.75, 3.05) is 61.8 Å². The molecule has 428 valence electrons. The summed E-state index contributed by atoms with van der Waals surface area (Å²) in [5.74, 6) is 0.984. The van der Waals surface area contributed by atoms with E-state index in [9.17, 15) is 9.59 Å². The molecule has 0 radical (unpaired) electrons. The van der Waals surface area contributed by atoms with Gasteiger partial charge in [0.25, 0.3) is 11.8 Å². The Morgan fingerprint density at radius 1 is 0.549 bits per heavy atom. The molecule has 2 aromatic carbocycles. The van der Waals surface area contributed by atoms with Crippen molar-refractivity contribution in [1.29, 1.82) is 0 Å². The summed E-state index contributed by atoms with van der Waals surface area (Å²) in [6.07, 6.45) is 2.54. The van der Waals surface area contributed by atoms with Crippen LogP contribution in [0.15, 0.2) is 145 Å². The molecule has 11 rings (SSSR count). The minimum Gasteiger partial charge on any atom is -0.484 e. The van der Waals surface area contributed by atoms with E-state index in [0.29, 0.717) is 23.0 Å². The number of carbonyl (C=O) groups excluding carboxylic acids is 2. The van der Waals surface area contributed by atoms with Gasteiger partial charge in [-0.2, -0.15) is 0 Å². The Morgan fingerprint density at radius 2 is 0.988 bits per heavy atom. The second-order valence-corrected chi connectivity index (χ2v) is 25.8. The second kappa shape index (κ2) is 27.5. The molecule has 2 N–H and O–H groups in total. The summed E-state index contributed by atoms with van der Waals surface area (Å²) < 4.78 is 95.4. The first-order valence-electron chi connectivity index (χ1n) is 25.3. The van der Waals surface area contributed by atoms with Gasteiger partial charge in [0.15, 0.2) is 47.2 Å². The number of rotatable bonds is 22. The number of anilines is 2. The number of nitrogens with zero attached hydrogens (tertiary/aromatic N) is 10. The van der Waals surface area contributed by atoms with Crippen molar-refractivity contribution in [3.05, 3.63) is 135 Å². The molecule has 3 unspecified atom stereocenters. The first-order valence-corrected chi connectivity index (χ1v) is 32.9. The Morgan fingerprint density at radius 3 is 1.41 bits per heavy atom. The summed E-state index contributed by atoms with van der Waals surface area (Å²) in [6, 6.07) is 28.9. The van der Waals surface area contributed by atoms with Gasteiger partial charge < -0.3 is 29.6 Å². The predicted molar refractivity (Wildman–Crippen MR) is 303 cm³/mol. The van der Waals surface area contributed by atoms with Gasteiger partial charge >= 0.3 is 15.6 Å². The van der Waals surface area contributed by atoms with E-state index in [-0.39, 0.29) is 73.2 Å². The number of ether oxygens (including phenoxy) is 4. The number of hydrogen-bond acceptors (Lipinski definition) is 26. The third-order valence-corrected chi connectivity index (χ3v) is 19.6. The first kappa shape index (κ1) is 57.7. The predicted octanol–water partition coefficient (Wildman–Crippen LogP) is 9.01. The highest BCUT2D eigenvalue weighted by Crippen LogP contribution is 2.58. The fourth-order valence-corrected chi connectivity index (χ4v) is 14.9. The van der Waals surface area contributed by atoms with Crippen molar-refractivity contribution in [3.63, 3.8) is 0 Å². The zero-order valence-electron chi connectivity index (χ0n) is 43.0. The molecule has 3 saturated heterocycles. The lowest BCUT2D eigenvalue weighted by Crippen LogP contribution is -2.33. The monoisotopic (exact) mass is 1230 g/mol. The van der Waals surface area contributed by atoms with Crippen LogP contribution in [0.25, 0.3) is 22.3 Å². The van der Waals surface area contributed by atoms with Crippen molar-refractivity contribution >= 4 is 105 Å². The summed E-state index contributed by atoms with van der Waals surface area (Å²) in [6.45, 7) is -1.69. The van der Waals surface area contributed by atoms with Crippen LogP contribution in [0.1, 0.15) is 25.3 Å².